The lowest BCUT2D eigenvalue weighted by Gasteiger charge is -2.49. The molecule has 0 spiro atoms. The maximum Gasteiger partial charge on any atom is 0.397 e. The van der Waals surface area contributed by atoms with Crippen LogP contribution in [0.5, 0.6) is 0 Å². The van der Waals surface area contributed by atoms with Gasteiger partial charge in [0.15, 0.2) is 37.2 Å². The van der Waals surface area contributed by atoms with Gasteiger partial charge in [-0.3, -0.25) is 18.2 Å². The van der Waals surface area contributed by atoms with Crippen molar-refractivity contribution in [3.8, 4) is 0 Å². The minimum Gasteiger partial charge on any atom is -0.479 e. The van der Waals surface area contributed by atoms with E-state index in [-0.39, 0.29) is 0 Å². The molecule has 40 heteroatoms. The third-order valence-corrected chi connectivity index (χ3v) is 11.9. The van der Waals surface area contributed by atoms with Crippen LogP contribution in [-0.2, 0) is 112 Å². The lowest BCUT2D eigenvalue weighted by molar-refractivity contribution is -0.357. The number of ether oxygens (including phenoxy) is 8. The molecule has 5 aliphatic rings. The smallest absolute Gasteiger partial charge is 0.397 e. The fraction of sp³-hybridized carbons (Fsp3) is 0.840. The third-order valence-electron chi connectivity index (χ3n) is 9.27. The average Bonchev–Trinajstić information content (AvgIpc) is 3.58. The van der Waals surface area contributed by atoms with Gasteiger partial charge in [-0.25, -0.2) is 35.3 Å². The highest BCUT2D eigenvalue weighted by atomic mass is 32.3. The standard InChI is InChI=1S/C25H38N2O33S5/c1-61(36,37)26-9-11(29)15(7-3-50-22(9)53-7)56-25-18(60-65(47,48)49)13(31)17(19(58-25)21(34)35)57-23-10(27-62(38,39)40)12(30)16(8(54-23)4-51-63(41,42)43)55-24-14(59-64(44,45)46)5(28)2-6(52-24)20(32)33/h2,5,7-19,22-31H,3-4H2,1H3,(H,32,33)(H,34,35)(H,38,39,40)(H,41,42,43)(H,44,45,46)(H,47,48,49)/t5-,7-,8+,9-,10+,11+,12+,13-,14+,15?,16?,17?,18+,19+,22-,23+,24-,25+/m0/s1. The number of aliphatic carboxylic acids is 2. The Bertz CT molecular complexity index is 2360. The van der Waals surface area contributed by atoms with Crippen molar-refractivity contribution in [2.45, 2.75) is 110 Å². The largest absolute Gasteiger partial charge is 0.479 e. The molecule has 0 aromatic heterocycles. The van der Waals surface area contributed by atoms with E-state index in [9.17, 15) is 101 Å². The lowest BCUT2D eigenvalue weighted by Crippen LogP contribution is -2.70. The van der Waals surface area contributed by atoms with Gasteiger partial charge in [0.2, 0.25) is 22.1 Å². The van der Waals surface area contributed by atoms with Gasteiger partial charge in [0, 0.05) is 0 Å². The molecule has 2 bridgehead atoms. The van der Waals surface area contributed by atoms with Crippen LogP contribution >= 0.6 is 0 Å². The molecule has 4 fully saturated rings. The summed E-state index contributed by atoms with van der Waals surface area (Å²) < 4.78 is 216. The molecular weight excluding hydrogens is 1020 g/mol. The molecule has 0 aliphatic carbocycles. The van der Waals surface area contributed by atoms with Crippen molar-refractivity contribution in [3.63, 3.8) is 0 Å². The first-order chi connectivity index (χ1) is 29.6. The van der Waals surface area contributed by atoms with E-state index in [1.165, 1.54) is 4.72 Å². The van der Waals surface area contributed by atoms with Crippen LogP contribution in [0, 0.1) is 0 Å². The Kier molecular flexibility index (Phi) is 16.3. The molecule has 5 aliphatic heterocycles. The predicted molar refractivity (Wildman–Crippen MR) is 189 cm³/mol. The van der Waals surface area contributed by atoms with E-state index in [1.54, 1.807) is 0 Å². The second kappa shape index (κ2) is 19.8. The van der Waals surface area contributed by atoms with Gasteiger partial charge < -0.3 is 68.5 Å². The zero-order valence-corrected chi connectivity index (χ0v) is 35.9. The van der Waals surface area contributed by atoms with E-state index in [0.29, 0.717) is 12.3 Å². The summed E-state index contributed by atoms with van der Waals surface area (Å²) in [6.07, 6.45) is -37.5. The van der Waals surface area contributed by atoms with Crippen LogP contribution in [-0.4, -0.2) is 233 Å². The number of carboxylic acid groups (broad SMARTS) is 2. The van der Waals surface area contributed by atoms with Crippen molar-refractivity contribution in [3.05, 3.63) is 11.8 Å². The summed E-state index contributed by atoms with van der Waals surface area (Å²) in [5.74, 6) is -5.41. The van der Waals surface area contributed by atoms with Crippen LogP contribution in [0.1, 0.15) is 0 Å². The lowest BCUT2D eigenvalue weighted by atomic mass is 9.95. The molecule has 12 N–H and O–H groups in total. The highest BCUT2D eigenvalue weighted by Gasteiger charge is 2.59. The maximum atomic E-state index is 12.7. The molecule has 65 heavy (non-hydrogen) atoms. The van der Waals surface area contributed by atoms with Gasteiger partial charge in [-0.1, -0.05) is 0 Å². The molecular formula is C25H38N2O33S5. The number of nitrogens with one attached hydrogen (secondary N) is 2. The highest BCUT2D eigenvalue weighted by molar-refractivity contribution is 7.88. The van der Waals surface area contributed by atoms with E-state index in [4.69, 9.17) is 37.9 Å². The second-order valence-corrected chi connectivity index (χ2v) is 20.1. The average molecular weight is 1050 g/mol. The Morgan fingerprint density at radius 1 is 0.677 bits per heavy atom. The molecule has 18 atom stereocenters. The Labute approximate surface area is 364 Å². The maximum absolute atomic E-state index is 12.7. The quantitative estimate of drug-likeness (QED) is 0.0535. The number of carboxylic acids is 2. The minimum atomic E-state index is -5.78. The normalized spacial score (nSPS) is 39.6. The number of fused-ring (bicyclic) bond motifs is 2. The molecule has 376 valence electrons. The first-order valence-corrected chi connectivity index (χ1v) is 24.8. The summed E-state index contributed by atoms with van der Waals surface area (Å²) in [7, 11) is -26.8. The van der Waals surface area contributed by atoms with Crippen molar-refractivity contribution in [2.75, 3.05) is 19.5 Å². The number of carbonyl (C=O) groups is 2. The summed E-state index contributed by atoms with van der Waals surface area (Å²) >= 11 is 0. The summed E-state index contributed by atoms with van der Waals surface area (Å²) in [5, 5.41) is 64.1. The third kappa shape index (κ3) is 14.0. The topological polar surface area (TPSA) is 533 Å². The first kappa shape index (κ1) is 53.4. The van der Waals surface area contributed by atoms with Gasteiger partial charge in [0.25, 0.3) is 0 Å². The SMILES string of the molecule is CS(=O)(=O)N[C@@H]1[C@H]2OC[C@H](O2)C(O[C@@H]2O[C@@H](C(=O)O)C(O[C@H]3O[C@H](COS(=O)(=O)O)C(O[C@@H]4OC(C(=O)O)=C[C@H](O)[C@H]4OS(=O)(=O)O)[C@H](O)[C@H]3NS(=O)(=O)O)[C@H](O)[C@H]2OS(=O)(=O)O)[C@@H]1O. The first-order valence-electron chi connectivity index (χ1n) is 17.4. The van der Waals surface area contributed by atoms with E-state index < -0.39 is 193 Å². The van der Waals surface area contributed by atoms with Gasteiger partial charge >= 0.3 is 53.4 Å². The Balaban J connectivity index is 1.52. The van der Waals surface area contributed by atoms with Gasteiger partial charge in [-0.15, -0.1) is 0 Å². The highest BCUT2D eigenvalue weighted by Crippen LogP contribution is 2.37. The van der Waals surface area contributed by atoms with Crippen LogP contribution in [0.25, 0.3) is 0 Å². The molecule has 0 radical (unpaired) electrons. The number of sulfonamides is 1. The second-order valence-electron chi connectivity index (χ2n) is 14.0. The van der Waals surface area contributed by atoms with Crippen LogP contribution < -0.4 is 9.44 Å². The monoisotopic (exact) mass is 1050 g/mol. The van der Waals surface area contributed by atoms with E-state index in [2.05, 4.69) is 12.5 Å². The number of aliphatic hydroxyl groups excluding tert-OH is 4. The summed E-state index contributed by atoms with van der Waals surface area (Å²) in [6.45, 7) is -2.08. The minimum absolute atomic E-state index is 0.318. The van der Waals surface area contributed by atoms with Gasteiger partial charge in [-0.2, -0.15) is 38.4 Å². The molecule has 35 nitrogen and oxygen atoms in total. The van der Waals surface area contributed by atoms with Crippen molar-refractivity contribution in [1.29, 1.82) is 0 Å². The molecule has 0 aromatic rings. The molecule has 0 aromatic carbocycles. The van der Waals surface area contributed by atoms with Crippen molar-refractivity contribution >= 4 is 63.5 Å². The molecule has 5 heterocycles. The number of rotatable bonds is 19. The summed E-state index contributed by atoms with van der Waals surface area (Å²) in [5.41, 5.74) is 0. The number of aliphatic hydroxyl groups is 4. The Hall–Kier alpha value is -2.57. The fourth-order valence-electron chi connectivity index (χ4n) is 6.82. The molecule has 0 amide bonds. The van der Waals surface area contributed by atoms with Crippen molar-refractivity contribution in [1.82, 2.24) is 9.44 Å². The van der Waals surface area contributed by atoms with Crippen LogP contribution in [0.15, 0.2) is 11.8 Å². The molecule has 4 saturated heterocycles. The predicted octanol–water partition coefficient (Wildman–Crippen LogP) is -8.93. The summed E-state index contributed by atoms with van der Waals surface area (Å²) in [6, 6.07) is -4.35. The van der Waals surface area contributed by atoms with Gasteiger partial charge in [0.05, 0.1) is 19.5 Å². The molecule has 5 rings (SSSR count). The van der Waals surface area contributed by atoms with Crippen molar-refractivity contribution in [2.24, 2.45) is 0 Å². The Morgan fingerprint density at radius 2 is 1.25 bits per heavy atom. The van der Waals surface area contributed by atoms with Crippen LogP contribution in [0.3, 0.4) is 0 Å². The zero-order valence-electron chi connectivity index (χ0n) is 31.8. The van der Waals surface area contributed by atoms with Gasteiger partial charge in [0.1, 0.15) is 67.0 Å². The number of hydrogen-bond acceptors (Lipinski definition) is 27. The van der Waals surface area contributed by atoms with E-state index in [0.717, 1.165) is 0 Å². The number of hydrogen-bond donors (Lipinski definition) is 12. The van der Waals surface area contributed by atoms with E-state index >= 15 is 0 Å². The molecule has 0 saturated carbocycles. The van der Waals surface area contributed by atoms with Crippen molar-refractivity contribution < 1.29 is 151 Å². The Morgan fingerprint density at radius 3 is 1.78 bits per heavy atom. The zero-order chi connectivity index (χ0) is 48.9. The molecule has 3 unspecified atom stereocenters. The van der Waals surface area contributed by atoms with Crippen LogP contribution in [0.2, 0.25) is 0 Å². The van der Waals surface area contributed by atoms with Gasteiger partial charge in [-0.05, 0) is 6.08 Å². The summed E-state index contributed by atoms with van der Waals surface area (Å²) in [4.78, 5) is 24.3. The fourth-order valence-corrected chi connectivity index (χ4v) is 9.44. The van der Waals surface area contributed by atoms with Crippen LogP contribution in [0.4, 0.5) is 0 Å². The van der Waals surface area contributed by atoms with E-state index in [1.807, 2.05) is 4.72 Å².